The number of likely N-dealkylation sites (tertiary alicyclic amines) is 1. The molecule has 4 rings (SSSR count). The Hall–Kier alpha value is -1.96. The molecular formula is C21H30N4O3. The van der Waals surface area contributed by atoms with Gasteiger partial charge in [0.25, 0.3) is 5.91 Å². The first-order valence-corrected chi connectivity index (χ1v) is 10.3. The van der Waals surface area contributed by atoms with E-state index in [9.17, 15) is 9.90 Å². The van der Waals surface area contributed by atoms with E-state index in [0.29, 0.717) is 18.0 Å². The lowest BCUT2D eigenvalue weighted by Gasteiger charge is -2.40. The van der Waals surface area contributed by atoms with Crippen LogP contribution in [0.1, 0.15) is 41.0 Å². The molecule has 0 aromatic carbocycles. The van der Waals surface area contributed by atoms with Crippen molar-refractivity contribution in [1.82, 2.24) is 19.6 Å². The Morgan fingerprint density at radius 1 is 1.18 bits per heavy atom. The van der Waals surface area contributed by atoms with E-state index in [0.717, 1.165) is 69.3 Å². The Balaban J connectivity index is 1.45. The molecule has 1 aliphatic carbocycles. The lowest BCUT2D eigenvalue weighted by Crippen LogP contribution is -2.50. The molecule has 3 heterocycles. The Kier molecular flexibility index (Phi) is 5.66. The largest absolute Gasteiger partial charge is 0.389 e. The second-order valence-corrected chi connectivity index (χ2v) is 7.94. The number of ether oxygens (including phenoxy) is 1. The van der Waals surface area contributed by atoms with Crippen LogP contribution in [0.3, 0.4) is 0 Å². The zero-order chi connectivity index (χ0) is 19.7. The van der Waals surface area contributed by atoms with Gasteiger partial charge in [-0.05, 0) is 32.8 Å². The van der Waals surface area contributed by atoms with E-state index in [1.165, 1.54) is 0 Å². The molecule has 2 fully saturated rings. The molecule has 28 heavy (non-hydrogen) atoms. The summed E-state index contributed by atoms with van der Waals surface area (Å²) in [7, 11) is 0. The number of rotatable bonds is 3. The van der Waals surface area contributed by atoms with Crippen LogP contribution in [0.2, 0.25) is 0 Å². The molecule has 0 saturated carbocycles. The fourth-order valence-electron chi connectivity index (χ4n) is 4.57. The first kappa shape index (κ1) is 19.4. The highest BCUT2D eigenvalue weighted by Crippen LogP contribution is 2.25. The van der Waals surface area contributed by atoms with E-state index in [1.54, 1.807) is 6.08 Å². The number of morpholine rings is 1. The van der Waals surface area contributed by atoms with Crippen molar-refractivity contribution in [2.24, 2.45) is 0 Å². The monoisotopic (exact) mass is 386 g/mol. The van der Waals surface area contributed by atoms with Crippen LogP contribution in [0.4, 0.5) is 0 Å². The fraction of sp³-hybridized carbons (Fsp3) is 0.619. The Labute approximate surface area is 166 Å². The SMILES string of the molecule is Cc1nn(C2=CC=CC(O)C2)c(C)c1C(=O)N1CCC(N2CCOCC2)CC1. The summed E-state index contributed by atoms with van der Waals surface area (Å²) in [4.78, 5) is 17.7. The van der Waals surface area contributed by atoms with Gasteiger partial charge in [0.1, 0.15) is 0 Å². The maximum absolute atomic E-state index is 13.2. The van der Waals surface area contributed by atoms with Crippen molar-refractivity contribution in [1.29, 1.82) is 0 Å². The van der Waals surface area contributed by atoms with Crippen molar-refractivity contribution in [3.8, 4) is 0 Å². The topological polar surface area (TPSA) is 70.8 Å². The van der Waals surface area contributed by atoms with E-state index in [2.05, 4.69) is 10.00 Å². The van der Waals surface area contributed by atoms with Gasteiger partial charge in [-0.15, -0.1) is 0 Å². The van der Waals surface area contributed by atoms with Gasteiger partial charge in [-0.1, -0.05) is 12.2 Å². The number of carbonyl (C=O) groups excluding carboxylic acids is 1. The second kappa shape index (κ2) is 8.19. The van der Waals surface area contributed by atoms with Crippen LogP contribution >= 0.6 is 0 Å². The van der Waals surface area contributed by atoms with Gasteiger partial charge >= 0.3 is 0 Å². The number of piperidine rings is 1. The minimum Gasteiger partial charge on any atom is -0.389 e. The quantitative estimate of drug-likeness (QED) is 0.854. The summed E-state index contributed by atoms with van der Waals surface area (Å²) < 4.78 is 7.27. The summed E-state index contributed by atoms with van der Waals surface area (Å²) in [5, 5.41) is 14.5. The third-order valence-corrected chi connectivity index (χ3v) is 6.13. The van der Waals surface area contributed by atoms with E-state index >= 15 is 0 Å². The molecule has 1 aromatic heterocycles. The van der Waals surface area contributed by atoms with Crippen molar-refractivity contribution >= 4 is 11.6 Å². The molecule has 2 saturated heterocycles. The minimum absolute atomic E-state index is 0.0779. The average molecular weight is 386 g/mol. The molecule has 2 aliphatic heterocycles. The molecule has 1 unspecified atom stereocenters. The zero-order valence-electron chi connectivity index (χ0n) is 16.8. The van der Waals surface area contributed by atoms with Crippen LogP contribution in [0.5, 0.6) is 0 Å². The van der Waals surface area contributed by atoms with Crippen molar-refractivity contribution in [2.75, 3.05) is 39.4 Å². The number of aliphatic hydroxyl groups excluding tert-OH is 1. The Morgan fingerprint density at radius 3 is 2.57 bits per heavy atom. The number of amides is 1. The predicted octanol–water partition coefficient (Wildman–Crippen LogP) is 1.60. The van der Waals surface area contributed by atoms with E-state index in [-0.39, 0.29) is 5.91 Å². The summed E-state index contributed by atoms with van der Waals surface area (Å²) >= 11 is 0. The van der Waals surface area contributed by atoms with Crippen LogP contribution in [-0.2, 0) is 4.74 Å². The summed E-state index contributed by atoms with van der Waals surface area (Å²) in [6, 6.07) is 0.554. The summed E-state index contributed by atoms with van der Waals surface area (Å²) in [6.45, 7) is 9.04. The van der Waals surface area contributed by atoms with E-state index in [4.69, 9.17) is 4.74 Å². The summed E-state index contributed by atoms with van der Waals surface area (Å²) in [6.07, 6.45) is 7.60. The third kappa shape index (κ3) is 3.79. The maximum atomic E-state index is 13.2. The molecule has 0 radical (unpaired) electrons. The standard InChI is InChI=1S/C21H30N4O3/c1-15-20(16(2)25(22-15)18-4-3-5-19(26)14-18)21(27)24-8-6-17(7-9-24)23-10-12-28-13-11-23/h3-5,17,19,26H,6-14H2,1-2H3. The number of hydrogen-bond donors (Lipinski definition) is 1. The Bertz CT molecular complexity index is 784. The average Bonchev–Trinajstić information content (AvgIpc) is 3.02. The molecule has 7 heteroatoms. The number of allylic oxidation sites excluding steroid dienone is 2. The van der Waals surface area contributed by atoms with Gasteiger partial charge in [0.2, 0.25) is 0 Å². The second-order valence-electron chi connectivity index (χ2n) is 7.94. The molecule has 7 nitrogen and oxygen atoms in total. The fourth-order valence-corrected chi connectivity index (χ4v) is 4.57. The Morgan fingerprint density at radius 2 is 1.89 bits per heavy atom. The van der Waals surface area contributed by atoms with E-state index in [1.807, 2.05) is 35.6 Å². The molecule has 1 aromatic rings. The molecule has 0 spiro atoms. The molecular weight excluding hydrogens is 356 g/mol. The maximum Gasteiger partial charge on any atom is 0.257 e. The van der Waals surface area contributed by atoms with E-state index < -0.39 is 6.10 Å². The smallest absolute Gasteiger partial charge is 0.257 e. The van der Waals surface area contributed by atoms with Gasteiger partial charge in [0.05, 0.1) is 36.3 Å². The highest BCUT2D eigenvalue weighted by Gasteiger charge is 2.31. The van der Waals surface area contributed by atoms with Gasteiger partial charge < -0.3 is 14.7 Å². The number of aryl methyl sites for hydroxylation is 1. The zero-order valence-corrected chi connectivity index (χ0v) is 16.8. The first-order valence-electron chi connectivity index (χ1n) is 10.3. The molecule has 1 N–H and O–H groups in total. The van der Waals surface area contributed by atoms with Crippen LogP contribution in [-0.4, -0.2) is 82.1 Å². The highest BCUT2D eigenvalue weighted by atomic mass is 16.5. The minimum atomic E-state index is -0.498. The van der Waals surface area contributed by atoms with Crippen molar-refractivity contribution in [3.63, 3.8) is 0 Å². The van der Waals surface area contributed by atoms with Gasteiger partial charge in [-0.3, -0.25) is 9.69 Å². The van der Waals surface area contributed by atoms with Crippen LogP contribution < -0.4 is 0 Å². The molecule has 1 atom stereocenters. The highest BCUT2D eigenvalue weighted by molar-refractivity contribution is 5.96. The van der Waals surface area contributed by atoms with Crippen LogP contribution in [0, 0.1) is 13.8 Å². The molecule has 0 bridgehead atoms. The van der Waals surface area contributed by atoms with Crippen LogP contribution in [0.15, 0.2) is 18.2 Å². The molecule has 3 aliphatic rings. The number of aromatic nitrogens is 2. The molecule has 1 amide bonds. The van der Waals surface area contributed by atoms with Gasteiger partial charge in [0.15, 0.2) is 0 Å². The number of nitrogens with zero attached hydrogens (tertiary/aromatic N) is 4. The summed E-state index contributed by atoms with van der Waals surface area (Å²) in [5.41, 5.74) is 3.23. The number of aliphatic hydroxyl groups is 1. The van der Waals surface area contributed by atoms with Gasteiger partial charge in [0, 0.05) is 44.3 Å². The van der Waals surface area contributed by atoms with Crippen LogP contribution in [0.25, 0.3) is 5.70 Å². The third-order valence-electron chi connectivity index (χ3n) is 6.13. The lowest BCUT2D eigenvalue weighted by molar-refractivity contribution is 0.00157. The summed E-state index contributed by atoms with van der Waals surface area (Å²) in [5.74, 6) is 0.0779. The lowest BCUT2D eigenvalue weighted by atomic mass is 10.0. The van der Waals surface area contributed by atoms with Crippen molar-refractivity contribution < 1.29 is 14.6 Å². The molecule has 152 valence electrons. The van der Waals surface area contributed by atoms with Crippen molar-refractivity contribution in [3.05, 3.63) is 35.2 Å². The first-order chi connectivity index (χ1) is 13.5. The normalized spacial score (nSPS) is 24.5. The van der Waals surface area contributed by atoms with Gasteiger partial charge in [-0.2, -0.15) is 5.10 Å². The van der Waals surface area contributed by atoms with Gasteiger partial charge in [-0.25, -0.2) is 4.68 Å². The number of carbonyl (C=O) groups is 1. The van der Waals surface area contributed by atoms with Crippen molar-refractivity contribution in [2.45, 2.75) is 45.3 Å². The number of hydrogen-bond acceptors (Lipinski definition) is 5. The predicted molar refractivity (Wildman–Crippen MR) is 107 cm³/mol.